The van der Waals surface area contributed by atoms with Crippen LogP contribution in [0.15, 0.2) is 0 Å². The van der Waals surface area contributed by atoms with Crippen molar-refractivity contribution in [2.75, 3.05) is 7.11 Å². The molecule has 0 aromatic carbocycles. The Labute approximate surface area is 108 Å². The van der Waals surface area contributed by atoms with Crippen LogP contribution in [0.5, 0.6) is 0 Å². The molecule has 0 spiro atoms. The highest BCUT2D eigenvalue weighted by molar-refractivity contribution is 5.87. The van der Waals surface area contributed by atoms with E-state index in [1.54, 1.807) is 6.92 Å². The second-order valence-corrected chi connectivity index (χ2v) is 5.36. The SMILES string of the molecule is COC(=O)C(C)NC(=O)C1CC2CCCCC2N1. The van der Waals surface area contributed by atoms with E-state index in [1.807, 2.05) is 0 Å². The van der Waals surface area contributed by atoms with Gasteiger partial charge in [0.2, 0.25) is 5.91 Å². The number of esters is 1. The van der Waals surface area contributed by atoms with Crippen LogP contribution in [0.3, 0.4) is 0 Å². The largest absolute Gasteiger partial charge is 0.467 e. The minimum absolute atomic E-state index is 0.0812. The Balaban J connectivity index is 1.85. The van der Waals surface area contributed by atoms with Gasteiger partial charge in [-0.15, -0.1) is 0 Å². The summed E-state index contributed by atoms with van der Waals surface area (Å²) in [6, 6.07) is -0.236. The number of hydrogen-bond acceptors (Lipinski definition) is 4. The summed E-state index contributed by atoms with van der Waals surface area (Å²) in [6.07, 6.45) is 5.80. The Morgan fingerprint density at radius 3 is 2.72 bits per heavy atom. The number of methoxy groups -OCH3 is 1. The standard InChI is InChI=1S/C13H22N2O3/c1-8(13(17)18-2)14-12(16)11-7-9-5-3-4-6-10(9)15-11/h8-11,15H,3-7H2,1-2H3,(H,14,16). The smallest absolute Gasteiger partial charge is 0.328 e. The van der Waals surface area contributed by atoms with E-state index in [4.69, 9.17) is 0 Å². The van der Waals surface area contributed by atoms with Gasteiger partial charge in [-0.1, -0.05) is 12.8 Å². The molecule has 102 valence electrons. The molecular formula is C13H22N2O3. The summed E-state index contributed by atoms with van der Waals surface area (Å²) in [4.78, 5) is 23.3. The number of carbonyl (C=O) groups excluding carboxylic acids is 2. The van der Waals surface area contributed by atoms with E-state index in [0.717, 1.165) is 6.42 Å². The molecule has 5 nitrogen and oxygen atoms in total. The topological polar surface area (TPSA) is 67.4 Å². The Morgan fingerprint density at radius 1 is 1.33 bits per heavy atom. The quantitative estimate of drug-likeness (QED) is 0.723. The second kappa shape index (κ2) is 5.69. The number of hydrogen-bond donors (Lipinski definition) is 2. The summed E-state index contributed by atoms with van der Waals surface area (Å²) in [5.74, 6) is 0.143. The fraction of sp³-hybridized carbons (Fsp3) is 0.846. The van der Waals surface area contributed by atoms with Crippen molar-refractivity contribution in [1.29, 1.82) is 0 Å². The highest BCUT2D eigenvalue weighted by Crippen LogP contribution is 2.33. The lowest BCUT2D eigenvalue weighted by molar-refractivity contribution is -0.144. The van der Waals surface area contributed by atoms with Crippen LogP contribution in [0.2, 0.25) is 0 Å². The summed E-state index contributed by atoms with van der Waals surface area (Å²) >= 11 is 0. The predicted octanol–water partition coefficient (Wildman–Crippen LogP) is 0.585. The highest BCUT2D eigenvalue weighted by Gasteiger charge is 2.38. The second-order valence-electron chi connectivity index (χ2n) is 5.36. The average Bonchev–Trinajstić information content (AvgIpc) is 2.81. The third-order valence-corrected chi connectivity index (χ3v) is 4.09. The maximum absolute atomic E-state index is 12.0. The van der Waals surface area contributed by atoms with E-state index in [2.05, 4.69) is 15.4 Å². The summed E-state index contributed by atoms with van der Waals surface area (Å²) in [5, 5.41) is 6.10. The molecule has 2 rings (SSSR count). The Morgan fingerprint density at radius 2 is 2.06 bits per heavy atom. The zero-order valence-electron chi connectivity index (χ0n) is 11.1. The molecular weight excluding hydrogens is 232 g/mol. The first kappa shape index (κ1) is 13.3. The summed E-state index contributed by atoms with van der Waals surface area (Å²) in [7, 11) is 1.33. The van der Waals surface area contributed by atoms with E-state index in [1.165, 1.54) is 32.8 Å². The van der Waals surface area contributed by atoms with Gasteiger partial charge in [-0.25, -0.2) is 4.79 Å². The maximum atomic E-state index is 12.0. The van der Waals surface area contributed by atoms with Crippen LogP contribution in [0.1, 0.15) is 39.0 Å². The van der Waals surface area contributed by atoms with Gasteiger partial charge in [-0.2, -0.15) is 0 Å². The number of fused-ring (bicyclic) bond motifs is 1. The normalized spacial score (nSPS) is 32.4. The molecule has 2 aliphatic rings. The number of nitrogens with one attached hydrogen (secondary N) is 2. The predicted molar refractivity (Wildman–Crippen MR) is 66.9 cm³/mol. The fourth-order valence-corrected chi connectivity index (χ4v) is 3.07. The molecule has 1 aliphatic carbocycles. The zero-order chi connectivity index (χ0) is 13.1. The third-order valence-electron chi connectivity index (χ3n) is 4.09. The van der Waals surface area contributed by atoms with Gasteiger partial charge < -0.3 is 15.4 Å². The maximum Gasteiger partial charge on any atom is 0.328 e. The van der Waals surface area contributed by atoms with Crippen LogP contribution < -0.4 is 10.6 Å². The van der Waals surface area contributed by atoms with Crippen LogP contribution in [-0.2, 0) is 14.3 Å². The molecule has 1 saturated heterocycles. The molecule has 0 radical (unpaired) electrons. The lowest BCUT2D eigenvalue weighted by Crippen LogP contribution is -2.48. The van der Waals surface area contributed by atoms with Crippen molar-refractivity contribution in [2.24, 2.45) is 5.92 Å². The van der Waals surface area contributed by atoms with Crippen molar-refractivity contribution in [3.05, 3.63) is 0 Å². The van der Waals surface area contributed by atoms with Crippen molar-refractivity contribution >= 4 is 11.9 Å². The lowest BCUT2D eigenvalue weighted by Gasteiger charge is -2.24. The molecule has 4 atom stereocenters. The van der Waals surface area contributed by atoms with Gasteiger partial charge in [0.15, 0.2) is 0 Å². The van der Waals surface area contributed by atoms with Crippen molar-refractivity contribution in [2.45, 2.75) is 57.2 Å². The van der Waals surface area contributed by atoms with Crippen molar-refractivity contribution in [3.8, 4) is 0 Å². The van der Waals surface area contributed by atoms with Crippen LogP contribution in [-0.4, -0.2) is 37.1 Å². The highest BCUT2D eigenvalue weighted by atomic mass is 16.5. The van der Waals surface area contributed by atoms with Gasteiger partial charge in [0, 0.05) is 6.04 Å². The van der Waals surface area contributed by atoms with Crippen LogP contribution >= 0.6 is 0 Å². The number of amides is 1. The van der Waals surface area contributed by atoms with E-state index in [-0.39, 0.29) is 11.9 Å². The van der Waals surface area contributed by atoms with Gasteiger partial charge in [0.05, 0.1) is 13.2 Å². The molecule has 18 heavy (non-hydrogen) atoms. The zero-order valence-corrected chi connectivity index (χ0v) is 11.1. The first-order valence-corrected chi connectivity index (χ1v) is 6.76. The molecule has 1 saturated carbocycles. The lowest BCUT2D eigenvalue weighted by atomic mass is 9.85. The van der Waals surface area contributed by atoms with Gasteiger partial charge in [0.1, 0.15) is 6.04 Å². The van der Waals surface area contributed by atoms with E-state index in [0.29, 0.717) is 12.0 Å². The third kappa shape index (κ3) is 2.83. The Bertz CT molecular complexity index is 318. The first-order valence-electron chi connectivity index (χ1n) is 6.76. The number of carbonyl (C=O) groups is 2. The van der Waals surface area contributed by atoms with Crippen LogP contribution in [0, 0.1) is 5.92 Å². The van der Waals surface area contributed by atoms with Gasteiger partial charge in [-0.05, 0) is 32.1 Å². The van der Waals surface area contributed by atoms with Crippen molar-refractivity contribution in [3.63, 3.8) is 0 Å². The summed E-state index contributed by atoms with van der Waals surface area (Å²) in [6.45, 7) is 1.64. The fourth-order valence-electron chi connectivity index (χ4n) is 3.07. The minimum atomic E-state index is -0.577. The molecule has 5 heteroatoms. The molecule has 0 aromatic rings. The van der Waals surface area contributed by atoms with Gasteiger partial charge in [0.25, 0.3) is 0 Å². The summed E-state index contributed by atoms with van der Waals surface area (Å²) in [5.41, 5.74) is 0. The molecule has 2 N–H and O–H groups in total. The Kier molecular flexibility index (Phi) is 4.22. The molecule has 0 bridgehead atoms. The molecule has 4 unspecified atom stereocenters. The van der Waals surface area contributed by atoms with Crippen LogP contribution in [0.4, 0.5) is 0 Å². The van der Waals surface area contributed by atoms with E-state index in [9.17, 15) is 9.59 Å². The van der Waals surface area contributed by atoms with Crippen molar-refractivity contribution < 1.29 is 14.3 Å². The van der Waals surface area contributed by atoms with Gasteiger partial charge in [-0.3, -0.25) is 4.79 Å². The molecule has 1 aliphatic heterocycles. The van der Waals surface area contributed by atoms with Gasteiger partial charge >= 0.3 is 5.97 Å². The Hall–Kier alpha value is -1.10. The molecule has 1 heterocycles. The van der Waals surface area contributed by atoms with E-state index >= 15 is 0 Å². The average molecular weight is 254 g/mol. The molecule has 2 fully saturated rings. The number of ether oxygens (including phenoxy) is 1. The first-order chi connectivity index (χ1) is 8.61. The number of rotatable bonds is 3. The molecule has 1 amide bonds. The van der Waals surface area contributed by atoms with Crippen molar-refractivity contribution in [1.82, 2.24) is 10.6 Å². The van der Waals surface area contributed by atoms with E-state index < -0.39 is 12.0 Å². The monoisotopic (exact) mass is 254 g/mol. The minimum Gasteiger partial charge on any atom is -0.467 e. The summed E-state index contributed by atoms with van der Waals surface area (Å²) < 4.78 is 4.60. The van der Waals surface area contributed by atoms with Crippen LogP contribution in [0.25, 0.3) is 0 Å². The molecule has 0 aromatic heterocycles.